The van der Waals surface area contributed by atoms with E-state index in [0.717, 1.165) is 0 Å². The van der Waals surface area contributed by atoms with Gasteiger partial charge in [-0.05, 0) is 52.4 Å². The molecule has 9 heteroatoms. The molecule has 0 saturated heterocycles. The molecular formula is C17H12BrF2N5O. The maximum absolute atomic E-state index is 14.4. The molecule has 2 N–H and O–H groups in total. The molecule has 0 unspecified atom stereocenters. The first kappa shape index (κ1) is 16.6. The summed E-state index contributed by atoms with van der Waals surface area (Å²) in [6.45, 7) is -0.350. The van der Waals surface area contributed by atoms with Crippen LogP contribution >= 0.6 is 15.9 Å². The van der Waals surface area contributed by atoms with Gasteiger partial charge in [0.1, 0.15) is 18.1 Å². The Balaban J connectivity index is 1.59. The Hall–Kier alpha value is -2.81. The van der Waals surface area contributed by atoms with Crippen LogP contribution in [-0.4, -0.2) is 20.6 Å². The van der Waals surface area contributed by atoms with E-state index in [1.54, 1.807) is 30.3 Å². The average Bonchev–Trinajstić information content (AvgIpc) is 3.30. The van der Waals surface area contributed by atoms with Gasteiger partial charge in [-0.1, -0.05) is 15.9 Å². The summed E-state index contributed by atoms with van der Waals surface area (Å²) in [7, 11) is 0. The van der Waals surface area contributed by atoms with Crippen LogP contribution in [0, 0.1) is 5.82 Å². The van der Waals surface area contributed by atoms with Gasteiger partial charge >= 0.3 is 0 Å². The van der Waals surface area contributed by atoms with E-state index in [2.05, 4.69) is 41.9 Å². The molecule has 0 saturated carbocycles. The Labute approximate surface area is 154 Å². The summed E-state index contributed by atoms with van der Waals surface area (Å²) >= 11 is 3.29. The van der Waals surface area contributed by atoms with Crippen LogP contribution in [0.5, 0.6) is 0 Å². The third-order valence-corrected chi connectivity index (χ3v) is 4.71. The van der Waals surface area contributed by atoms with E-state index in [1.165, 1.54) is 6.07 Å². The first-order chi connectivity index (χ1) is 12.6. The number of fused-ring (bicyclic) bond motifs is 1. The summed E-state index contributed by atoms with van der Waals surface area (Å²) in [6, 6.07) is 9.92. The van der Waals surface area contributed by atoms with Crippen molar-refractivity contribution in [1.29, 1.82) is 0 Å². The summed E-state index contributed by atoms with van der Waals surface area (Å²) < 4.78 is 33.7. The van der Waals surface area contributed by atoms with Crippen molar-refractivity contribution in [3.8, 4) is 11.6 Å². The van der Waals surface area contributed by atoms with Crippen molar-refractivity contribution in [2.75, 3.05) is 5.32 Å². The second-order valence-corrected chi connectivity index (χ2v) is 6.49. The molecule has 2 aromatic heterocycles. The molecule has 0 amide bonds. The van der Waals surface area contributed by atoms with Gasteiger partial charge in [-0.2, -0.15) is 0 Å². The van der Waals surface area contributed by atoms with Crippen LogP contribution < -0.4 is 5.32 Å². The maximum atomic E-state index is 14.4. The molecule has 0 fully saturated rings. The lowest BCUT2D eigenvalue weighted by atomic mass is 10.1. The van der Waals surface area contributed by atoms with Gasteiger partial charge in [0.2, 0.25) is 5.82 Å². The fourth-order valence-corrected chi connectivity index (χ4v) is 2.95. The molecule has 0 spiro atoms. The lowest BCUT2D eigenvalue weighted by Crippen LogP contribution is -2.02. The Morgan fingerprint density at radius 1 is 1.15 bits per heavy atom. The van der Waals surface area contributed by atoms with Crippen LogP contribution in [0.2, 0.25) is 0 Å². The minimum atomic E-state index is -0.581. The topological polar surface area (TPSA) is 79.6 Å². The quantitative estimate of drug-likeness (QED) is 0.494. The molecule has 0 aliphatic heterocycles. The van der Waals surface area contributed by atoms with E-state index >= 15 is 0 Å². The smallest absolute Gasteiger partial charge is 0.215 e. The number of nitrogens with one attached hydrogen (secondary N) is 2. The van der Waals surface area contributed by atoms with Crippen LogP contribution in [0.25, 0.3) is 22.6 Å². The molecule has 26 heavy (non-hydrogen) atoms. The van der Waals surface area contributed by atoms with E-state index < -0.39 is 6.67 Å². The number of rotatable bonds is 5. The number of H-pyrrole nitrogens is 1. The monoisotopic (exact) mass is 419 g/mol. The van der Waals surface area contributed by atoms with Gasteiger partial charge < -0.3 is 9.73 Å². The first-order valence-corrected chi connectivity index (χ1v) is 8.47. The third-order valence-electron chi connectivity index (χ3n) is 3.94. The normalized spacial score (nSPS) is 11.2. The van der Waals surface area contributed by atoms with Crippen molar-refractivity contribution in [2.45, 2.75) is 13.2 Å². The molecule has 0 atom stereocenters. The molecule has 4 aromatic rings. The van der Waals surface area contributed by atoms with Gasteiger partial charge in [0.15, 0.2) is 5.76 Å². The van der Waals surface area contributed by atoms with Crippen molar-refractivity contribution in [3.05, 3.63) is 57.8 Å². The molecule has 132 valence electrons. The summed E-state index contributed by atoms with van der Waals surface area (Å²) in [4.78, 5) is 0. The van der Waals surface area contributed by atoms with Crippen molar-refractivity contribution in [3.63, 3.8) is 0 Å². The lowest BCUT2D eigenvalue weighted by Gasteiger charge is -2.09. The number of benzene rings is 2. The predicted molar refractivity (Wildman–Crippen MR) is 95.6 cm³/mol. The summed E-state index contributed by atoms with van der Waals surface area (Å²) in [5, 5.41) is 17.1. The fraction of sp³-hybridized carbons (Fsp3) is 0.118. The minimum absolute atomic E-state index is 0.231. The molecule has 0 bridgehead atoms. The van der Waals surface area contributed by atoms with E-state index in [-0.39, 0.29) is 12.4 Å². The predicted octanol–water partition coefficient (Wildman–Crippen LogP) is 4.60. The number of anilines is 1. The van der Waals surface area contributed by atoms with Crippen molar-refractivity contribution in [2.24, 2.45) is 0 Å². The zero-order valence-electron chi connectivity index (χ0n) is 13.3. The summed E-state index contributed by atoms with van der Waals surface area (Å²) in [6.07, 6.45) is 0. The maximum Gasteiger partial charge on any atom is 0.215 e. The van der Waals surface area contributed by atoms with E-state index in [1.807, 2.05) is 0 Å². The molecule has 2 heterocycles. The number of aromatic amines is 1. The summed E-state index contributed by atoms with van der Waals surface area (Å²) in [5.74, 6) is 0.431. The van der Waals surface area contributed by atoms with E-state index in [9.17, 15) is 8.78 Å². The highest BCUT2D eigenvalue weighted by atomic mass is 79.9. The minimum Gasteiger partial charge on any atom is -0.453 e. The zero-order chi connectivity index (χ0) is 18.1. The van der Waals surface area contributed by atoms with Gasteiger partial charge in [0, 0.05) is 27.7 Å². The fourth-order valence-electron chi connectivity index (χ4n) is 2.60. The standard InChI is InChI=1S/C17H12BrF2N5O/c18-13-2-1-12(3-10(13)7-19)21-8-11-6-15-9(4-14(11)20)5-16(26-15)17-22-24-25-23-17/h1-6,21H,7-8H2,(H,22,23,24,25). The van der Waals surface area contributed by atoms with Crippen molar-refractivity contribution in [1.82, 2.24) is 20.6 Å². The molecule has 6 nitrogen and oxygen atoms in total. The second-order valence-electron chi connectivity index (χ2n) is 5.64. The van der Waals surface area contributed by atoms with Crippen molar-refractivity contribution >= 4 is 32.6 Å². The largest absolute Gasteiger partial charge is 0.453 e. The number of furan rings is 1. The Morgan fingerprint density at radius 2 is 2.04 bits per heavy atom. The molecule has 2 aromatic carbocycles. The van der Waals surface area contributed by atoms with Gasteiger partial charge in [-0.25, -0.2) is 13.9 Å². The molecular weight excluding hydrogens is 408 g/mol. The van der Waals surface area contributed by atoms with Crippen LogP contribution in [-0.2, 0) is 13.2 Å². The van der Waals surface area contributed by atoms with Crippen LogP contribution in [0.15, 0.2) is 45.3 Å². The van der Waals surface area contributed by atoms with Crippen LogP contribution in [0.1, 0.15) is 11.1 Å². The van der Waals surface area contributed by atoms with Crippen LogP contribution in [0.4, 0.5) is 14.5 Å². The van der Waals surface area contributed by atoms with Gasteiger partial charge in [-0.15, -0.1) is 5.10 Å². The number of hydrogen-bond acceptors (Lipinski definition) is 5. The van der Waals surface area contributed by atoms with Crippen molar-refractivity contribution < 1.29 is 13.2 Å². The number of hydrogen-bond donors (Lipinski definition) is 2. The number of halogens is 3. The first-order valence-electron chi connectivity index (χ1n) is 7.68. The van der Waals surface area contributed by atoms with Gasteiger partial charge in [-0.3, -0.25) is 0 Å². The number of aromatic nitrogens is 4. The highest BCUT2D eigenvalue weighted by Crippen LogP contribution is 2.28. The molecule has 0 radical (unpaired) electrons. The van der Waals surface area contributed by atoms with E-state index in [0.29, 0.717) is 43.8 Å². The molecule has 0 aliphatic carbocycles. The Kier molecular flexibility index (Phi) is 4.37. The lowest BCUT2D eigenvalue weighted by molar-refractivity contribution is 0.484. The van der Waals surface area contributed by atoms with Gasteiger partial charge in [0.05, 0.1) is 0 Å². The number of tetrazole rings is 1. The molecule has 4 rings (SSSR count). The van der Waals surface area contributed by atoms with Crippen LogP contribution in [0.3, 0.4) is 0 Å². The number of alkyl halides is 1. The third kappa shape index (κ3) is 3.17. The average molecular weight is 420 g/mol. The zero-order valence-corrected chi connectivity index (χ0v) is 14.8. The highest BCUT2D eigenvalue weighted by Gasteiger charge is 2.13. The van der Waals surface area contributed by atoms with Gasteiger partial charge in [0.25, 0.3) is 0 Å². The summed E-state index contributed by atoms with van der Waals surface area (Å²) in [5.41, 5.74) is 2.18. The highest BCUT2D eigenvalue weighted by molar-refractivity contribution is 9.10. The van der Waals surface area contributed by atoms with E-state index in [4.69, 9.17) is 4.42 Å². The Bertz CT molecular complexity index is 1060. The Morgan fingerprint density at radius 3 is 2.81 bits per heavy atom. The second kappa shape index (κ2) is 6.83. The molecule has 0 aliphatic rings. The SMILES string of the molecule is FCc1cc(NCc2cc3oc(-c4nnn[nH]4)cc3cc2F)ccc1Br. The number of nitrogens with zero attached hydrogens (tertiary/aromatic N) is 3.